The van der Waals surface area contributed by atoms with Crippen LogP contribution in [0.4, 0.5) is 0 Å². The summed E-state index contributed by atoms with van der Waals surface area (Å²) >= 11 is 0. The number of hydrogen-bond acceptors (Lipinski definition) is 4. The molecule has 2 aromatic heterocycles. The zero-order valence-corrected chi connectivity index (χ0v) is 33.0. The average Bonchev–Trinajstić information content (AvgIpc) is 3.73. The largest absolute Gasteiger partial charge is 0.456 e. The summed E-state index contributed by atoms with van der Waals surface area (Å²) in [6.45, 7) is 0. The third kappa shape index (κ3) is 5.88. The van der Waals surface area contributed by atoms with E-state index in [1.807, 2.05) is 72.8 Å². The molecule has 284 valence electrons. The van der Waals surface area contributed by atoms with Crippen LogP contribution < -0.4 is 0 Å². The van der Waals surface area contributed by atoms with Gasteiger partial charge in [-0.05, 0) is 84.4 Å². The van der Waals surface area contributed by atoms with Gasteiger partial charge in [0.25, 0.3) is 0 Å². The molecule has 0 unspecified atom stereocenters. The van der Waals surface area contributed by atoms with Gasteiger partial charge in [0, 0.05) is 33.0 Å². The molecule has 4 nitrogen and oxygen atoms in total. The molecule has 10 aromatic carbocycles. The number of hydrogen-bond donors (Lipinski definition) is 0. The van der Waals surface area contributed by atoms with Crippen LogP contribution in [0.15, 0.2) is 217 Å². The van der Waals surface area contributed by atoms with Gasteiger partial charge in [-0.3, -0.25) is 0 Å². The Morgan fingerprint density at radius 1 is 0.262 bits per heavy atom. The zero-order valence-electron chi connectivity index (χ0n) is 33.0. The predicted molar refractivity (Wildman–Crippen MR) is 252 cm³/mol. The summed E-state index contributed by atoms with van der Waals surface area (Å²) in [5.74, 6) is 1.86. The van der Waals surface area contributed by atoms with Gasteiger partial charge < -0.3 is 4.42 Å². The lowest BCUT2D eigenvalue weighted by atomic mass is 9.87. The summed E-state index contributed by atoms with van der Waals surface area (Å²) in [7, 11) is 0. The van der Waals surface area contributed by atoms with Crippen molar-refractivity contribution >= 4 is 54.3 Å². The first-order valence-electron chi connectivity index (χ1n) is 20.6. The van der Waals surface area contributed by atoms with Crippen molar-refractivity contribution in [1.82, 2.24) is 15.0 Å². The molecule has 0 amide bonds. The van der Waals surface area contributed by atoms with Crippen LogP contribution in [0, 0.1) is 0 Å². The molecule has 12 rings (SSSR count). The van der Waals surface area contributed by atoms with Gasteiger partial charge in [-0.2, -0.15) is 0 Å². The van der Waals surface area contributed by atoms with Gasteiger partial charge in [0.2, 0.25) is 0 Å². The van der Waals surface area contributed by atoms with Crippen LogP contribution in [-0.4, -0.2) is 15.0 Å². The molecule has 0 radical (unpaired) electrons. The van der Waals surface area contributed by atoms with Crippen LogP contribution in [0.25, 0.3) is 122 Å². The van der Waals surface area contributed by atoms with E-state index in [0.717, 1.165) is 66.4 Å². The summed E-state index contributed by atoms with van der Waals surface area (Å²) in [4.78, 5) is 15.3. The topological polar surface area (TPSA) is 51.8 Å². The molecule has 2 heterocycles. The maximum Gasteiger partial charge on any atom is 0.164 e. The highest BCUT2D eigenvalue weighted by molar-refractivity contribution is 6.26. The van der Waals surface area contributed by atoms with E-state index in [9.17, 15) is 0 Å². The van der Waals surface area contributed by atoms with E-state index in [4.69, 9.17) is 19.4 Å². The fourth-order valence-electron chi connectivity index (χ4n) is 9.10. The molecule has 61 heavy (non-hydrogen) atoms. The summed E-state index contributed by atoms with van der Waals surface area (Å²) in [6, 6.07) is 74.7. The number of benzene rings is 10. The number of rotatable bonds is 6. The number of para-hydroxylation sites is 1. The van der Waals surface area contributed by atoms with E-state index >= 15 is 0 Å². The fraction of sp³-hybridized carbons (Fsp3) is 0. The molecule has 0 atom stereocenters. The Bertz CT molecular complexity index is 3540. The van der Waals surface area contributed by atoms with Crippen LogP contribution in [0.5, 0.6) is 0 Å². The third-order valence-corrected chi connectivity index (χ3v) is 12.0. The van der Waals surface area contributed by atoms with E-state index < -0.39 is 0 Å². The molecule has 0 aliphatic carbocycles. The van der Waals surface area contributed by atoms with Gasteiger partial charge >= 0.3 is 0 Å². The Morgan fingerprint density at radius 2 is 0.738 bits per heavy atom. The minimum atomic E-state index is 0.610. The quantitative estimate of drug-likeness (QED) is 0.158. The summed E-state index contributed by atoms with van der Waals surface area (Å²) in [6.07, 6.45) is 0. The zero-order chi connectivity index (χ0) is 40.3. The van der Waals surface area contributed by atoms with Crippen molar-refractivity contribution in [2.75, 3.05) is 0 Å². The Hall–Kier alpha value is -8.21. The maximum atomic E-state index is 6.52. The van der Waals surface area contributed by atoms with Crippen molar-refractivity contribution in [2.24, 2.45) is 0 Å². The van der Waals surface area contributed by atoms with E-state index in [1.165, 1.54) is 37.9 Å². The smallest absolute Gasteiger partial charge is 0.164 e. The molecule has 0 aliphatic heterocycles. The molecule has 0 spiro atoms. The van der Waals surface area contributed by atoms with Crippen molar-refractivity contribution in [2.45, 2.75) is 0 Å². The van der Waals surface area contributed by atoms with Gasteiger partial charge in [0.1, 0.15) is 11.2 Å². The average molecular weight is 778 g/mol. The fourth-order valence-corrected chi connectivity index (χ4v) is 9.10. The van der Waals surface area contributed by atoms with Gasteiger partial charge in [0.15, 0.2) is 17.5 Å². The predicted octanol–water partition coefficient (Wildman–Crippen LogP) is 15.2. The number of nitrogens with zero attached hydrogens (tertiary/aromatic N) is 3. The monoisotopic (exact) mass is 777 g/mol. The summed E-state index contributed by atoms with van der Waals surface area (Å²) in [5, 5.41) is 9.76. The summed E-state index contributed by atoms with van der Waals surface area (Å²) < 4.78 is 6.52. The Labute approximate surface area is 352 Å². The molecule has 0 aliphatic rings. The van der Waals surface area contributed by atoms with Crippen LogP contribution in [0.3, 0.4) is 0 Å². The normalized spacial score (nSPS) is 11.6. The summed E-state index contributed by atoms with van der Waals surface area (Å²) in [5.41, 5.74) is 11.1. The van der Waals surface area contributed by atoms with Gasteiger partial charge in [-0.25, -0.2) is 15.0 Å². The lowest BCUT2D eigenvalue weighted by Crippen LogP contribution is -2.01. The highest BCUT2D eigenvalue weighted by Gasteiger charge is 2.22. The highest BCUT2D eigenvalue weighted by atomic mass is 16.3. The van der Waals surface area contributed by atoms with Crippen LogP contribution >= 0.6 is 0 Å². The lowest BCUT2D eigenvalue weighted by molar-refractivity contribution is 0.669. The molecule has 0 bridgehead atoms. The van der Waals surface area contributed by atoms with Gasteiger partial charge in [0.05, 0.1) is 0 Å². The molecule has 0 N–H and O–H groups in total. The Morgan fingerprint density at radius 3 is 1.38 bits per heavy atom. The minimum Gasteiger partial charge on any atom is -0.456 e. The van der Waals surface area contributed by atoms with Crippen molar-refractivity contribution in [3.8, 4) is 67.5 Å². The third-order valence-electron chi connectivity index (χ3n) is 12.0. The standard InChI is InChI=1S/C57H35N3O/c1-3-15-38(16-4-1)55-58-56(39-17-5-2-6-18-39)60-57(59-55)48-24-12-11-23-45(48)47-33-34-52-54(49-25-13-14-26-51(49)61-52)53(47)37-29-27-36(28-30-37)40-31-32-46-43-21-8-7-19-41(43)42-20-9-10-22-44(42)50(46)35-40/h1-35H. The second-order valence-electron chi connectivity index (χ2n) is 15.5. The number of fused-ring (bicyclic) bond motifs is 9. The molecule has 0 fully saturated rings. The maximum absolute atomic E-state index is 6.52. The molecule has 0 saturated heterocycles. The number of furan rings is 1. The van der Waals surface area contributed by atoms with Crippen molar-refractivity contribution in [3.05, 3.63) is 212 Å². The van der Waals surface area contributed by atoms with Crippen LogP contribution in [0.1, 0.15) is 0 Å². The van der Waals surface area contributed by atoms with Crippen LogP contribution in [0.2, 0.25) is 0 Å². The van der Waals surface area contributed by atoms with Gasteiger partial charge in [-0.1, -0.05) is 188 Å². The van der Waals surface area contributed by atoms with Gasteiger partial charge in [-0.15, -0.1) is 0 Å². The second-order valence-corrected chi connectivity index (χ2v) is 15.5. The van der Waals surface area contributed by atoms with E-state index in [0.29, 0.717) is 17.5 Å². The lowest BCUT2D eigenvalue weighted by Gasteiger charge is -2.16. The van der Waals surface area contributed by atoms with Crippen LogP contribution in [-0.2, 0) is 0 Å². The minimum absolute atomic E-state index is 0.610. The molecular formula is C57H35N3O. The second kappa shape index (κ2) is 14.3. The molecule has 12 aromatic rings. The van der Waals surface area contributed by atoms with E-state index in [1.54, 1.807) is 0 Å². The van der Waals surface area contributed by atoms with E-state index in [-0.39, 0.29) is 0 Å². The Kier molecular flexibility index (Phi) is 8.13. The first-order valence-corrected chi connectivity index (χ1v) is 20.6. The molecule has 4 heteroatoms. The first kappa shape index (κ1) is 34.8. The molecule has 0 saturated carbocycles. The Balaban J connectivity index is 1.04. The van der Waals surface area contributed by atoms with E-state index in [2.05, 4.69) is 140 Å². The van der Waals surface area contributed by atoms with Crippen molar-refractivity contribution in [1.29, 1.82) is 0 Å². The highest BCUT2D eigenvalue weighted by Crippen LogP contribution is 2.46. The SMILES string of the molecule is c1ccc(-c2nc(-c3ccccc3)nc(-c3ccccc3-c3ccc4oc5ccccc5c4c3-c3ccc(-c4ccc5c6ccccc6c6ccccc6c5c4)cc3)n2)cc1. The molecular weight excluding hydrogens is 743 g/mol. The van der Waals surface area contributed by atoms with Crippen molar-refractivity contribution < 1.29 is 4.42 Å². The van der Waals surface area contributed by atoms with Crippen molar-refractivity contribution in [3.63, 3.8) is 0 Å². The first-order chi connectivity index (χ1) is 30.2. The number of aromatic nitrogens is 3.